The van der Waals surface area contributed by atoms with Gasteiger partial charge in [0.15, 0.2) is 15.6 Å². The van der Waals surface area contributed by atoms with Crippen LogP contribution in [-0.2, 0) is 9.84 Å². The minimum Gasteiger partial charge on any atom is -0.347 e. The smallest absolute Gasteiger partial charge is 0.253 e. The summed E-state index contributed by atoms with van der Waals surface area (Å²) in [6.45, 7) is 0. The molecular weight excluding hydrogens is 405 g/mol. The summed E-state index contributed by atoms with van der Waals surface area (Å²) in [5.41, 5.74) is -0.677. The maximum Gasteiger partial charge on any atom is 0.253 e. The van der Waals surface area contributed by atoms with Gasteiger partial charge in [0.05, 0.1) is 16.1 Å². The van der Waals surface area contributed by atoms with E-state index in [9.17, 15) is 22.4 Å². The number of carbonyl (C=O) groups excluding carboxylic acids is 2. The van der Waals surface area contributed by atoms with Crippen LogP contribution in [0.15, 0.2) is 12.1 Å². The van der Waals surface area contributed by atoms with E-state index in [0.717, 1.165) is 37.7 Å². The van der Waals surface area contributed by atoms with Crippen molar-refractivity contribution in [3.05, 3.63) is 34.1 Å². The quantitative estimate of drug-likeness (QED) is 0.730. The molecule has 8 heteroatoms. The van der Waals surface area contributed by atoms with Gasteiger partial charge in [0.25, 0.3) is 5.91 Å². The molecule has 4 fully saturated rings. The van der Waals surface area contributed by atoms with E-state index in [-0.39, 0.29) is 16.1 Å². The lowest BCUT2D eigenvalue weighted by atomic mass is 9.53. The third-order valence-electron chi connectivity index (χ3n) is 6.41. The van der Waals surface area contributed by atoms with E-state index in [1.807, 2.05) is 0 Å². The number of amides is 1. The minimum absolute atomic E-state index is 0.0224. The number of carbonyl (C=O) groups is 2. The molecule has 1 N–H and O–H groups in total. The van der Waals surface area contributed by atoms with Gasteiger partial charge in [0.1, 0.15) is 11.6 Å². The van der Waals surface area contributed by atoms with Gasteiger partial charge >= 0.3 is 0 Å². The molecule has 4 saturated carbocycles. The maximum absolute atomic E-state index is 14.5. The number of Topliss-reactive ketones (excluding diaryl/α,β-unsaturated/α-hetero) is 1. The Hall–Kier alpha value is -1.47. The van der Waals surface area contributed by atoms with Crippen LogP contribution in [0.4, 0.5) is 4.39 Å². The Morgan fingerprint density at radius 1 is 1.11 bits per heavy atom. The van der Waals surface area contributed by atoms with Crippen LogP contribution in [0.2, 0.25) is 5.02 Å². The summed E-state index contributed by atoms with van der Waals surface area (Å²) in [5, 5.41) is 3.07. The summed E-state index contributed by atoms with van der Waals surface area (Å²) in [4.78, 5) is 24.9. The lowest BCUT2D eigenvalue weighted by molar-refractivity contribution is -0.0167. The molecule has 5 nitrogen and oxygen atoms in total. The van der Waals surface area contributed by atoms with Crippen LogP contribution in [0.25, 0.3) is 0 Å². The predicted octanol–water partition coefficient (Wildman–Crippen LogP) is 3.41. The van der Waals surface area contributed by atoms with Gasteiger partial charge in [-0.2, -0.15) is 0 Å². The molecule has 1 aromatic carbocycles. The molecule has 4 bridgehead atoms. The van der Waals surface area contributed by atoms with Crippen molar-refractivity contribution in [2.24, 2.45) is 17.8 Å². The highest BCUT2D eigenvalue weighted by atomic mass is 35.5. The van der Waals surface area contributed by atoms with Crippen molar-refractivity contribution in [3.63, 3.8) is 0 Å². The molecule has 4 aliphatic carbocycles. The van der Waals surface area contributed by atoms with Gasteiger partial charge in [-0.25, -0.2) is 12.8 Å². The second-order valence-electron chi connectivity index (χ2n) is 8.96. The molecule has 0 heterocycles. The second-order valence-corrected chi connectivity index (χ2v) is 11.5. The van der Waals surface area contributed by atoms with Crippen LogP contribution in [0.3, 0.4) is 0 Å². The zero-order valence-electron chi connectivity index (χ0n) is 15.6. The summed E-state index contributed by atoms with van der Waals surface area (Å²) in [7, 11) is -3.60. The second kappa shape index (κ2) is 6.80. The minimum atomic E-state index is -3.60. The normalized spacial score (nSPS) is 31.0. The molecule has 0 aromatic heterocycles. The first-order valence-corrected chi connectivity index (χ1v) is 12.0. The van der Waals surface area contributed by atoms with Gasteiger partial charge in [0, 0.05) is 11.8 Å². The molecular formula is C20H23ClFNO4S. The molecule has 1 amide bonds. The Bertz CT molecular complexity index is 924. The highest BCUT2D eigenvalue weighted by Crippen LogP contribution is 2.55. The molecule has 0 saturated heterocycles. The number of rotatable bonds is 5. The molecule has 0 aliphatic heterocycles. The highest BCUT2D eigenvalue weighted by molar-refractivity contribution is 7.91. The van der Waals surface area contributed by atoms with Crippen molar-refractivity contribution in [2.75, 3.05) is 12.0 Å². The van der Waals surface area contributed by atoms with Crippen molar-refractivity contribution < 1.29 is 22.4 Å². The van der Waals surface area contributed by atoms with Crippen LogP contribution in [0, 0.1) is 23.6 Å². The standard InChI is InChI=1S/C20H23ClFNO4S/c1-28(26,27)10-18(24)15-5-16(21)14(6-17(15)22)19(25)23-20-7-11-2-12(8-20)4-13(3-11)9-20/h5-6,11-13H,2-4,7-10H2,1H3,(H,23,25). The fraction of sp³-hybridized carbons (Fsp3) is 0.600. The van der Waals surface area contributed by atoms with Gasteiger partial charge in [-0.15, -0.1) is 0 Å². The number of sulfone groups is 1. The van der Waals surface area contributed by atoms with Gasteiger partial charge in [-0.05, 0) is 68.4 Å². The first-order chi connectivity index (χ1) is 13.0. The van der Waals surface area contributed by atoms with Crippen LogP contribution >= 0.6 is 11.6 Å². The molecule has 4 aliphatic rings. The van der Waals surface area contributed by atoms with Crippen molar-refractivity contribution in [3.8, 4) is 0 Å². The van der Waals surface area contributed by atoms with E-state index in [1.165, 1.54) is 19.3 Å². The third kappa shape index (κ3) is 3.83. The van der Waals surface area contributed by atoms with E-state index in [1.54, 1.807) is 0 Å². The van der Waals surface area contributed by atoms with Gasteiger partial charge in [-0.1, -0.05) is 11.6 Å². The Kier molecular flexibility index (Phi) is 4.82. The van der Waals surface area contributed by atoms with Gasteiger partial charge in [0.2, 0.25) is 0 Å². The Labute approximate surface area is 168 Å². The Morgan fingerprint density at radius 2 is 1.64 bits per heavy atom. The first kappa shape index (κ1) is 19.8. The van der Waals surface area contributed by atoms with E-state index in [4.69, 9.17) is 11.6 Å². The summed E-state index contributed by atoms with van der Waals surface area (Å²) in [5.74, 6) is -1.12. The van der Waals surface area contributed by atoms with Crippen molar-refractivity contribution in [1.82, 2.24) is 5.32 Å². The zero-order chi connectivity index (χ0) is 20.3. The molecule has 0 unspecified atom stereocenters. The lowest BCUT2D eigenvalue weighted by Crippen LogP contribution is -2.59. The first-order valence-electron chi connectivity index (χ1n) is 9.56. The average molecular weight is 428 g/mol. The molecule has 0 atom stereocenters. The predicted molar refractivity (Wildman–Crippen MR) is 104 cm³/mol. The van der Waals surface area contributed by atoms with E-state index in [0.29, 0.717) is 17.8 Å². The number of nitrogens with one attached hydrogen (secondary N) is 1. The fourth-order valence-electron chi connectivity index (χ4n) is 5.82. The highest BCUT2D eigenvalue weighted by Gasteiger charge is 2.51. The number of ketones is 1. The Morgan fingerprint density at radius 3 is 2.14 bits per heavy atom. The topological polar surface area (TPSA) is 80.3 Å². The van der Waals surface area contributed by atoms with Crippen LogP contribution in [-0.4, -0.2) is 37.7 Å². The molecule has 0 spiro atoms. The van der Waals surface area contributed by atoms with Crippen LogP contribution in [0.1, 0.15) is 59.2 Å². The van der Waals surface area contributed by atoms with Crippen molar-refractivity contribution in [2.45, 2.75) is 44.1 Å². The van der Waals surface area contributed by atoms with E-state index in [2.05, 4.69) is 5.32 Å². The summed E-state index contributed by atoms with van der Waals surface area (Å²) in [6.07, 6.45) is 7.48. The van der Waals surface area contributed by atoms with Crippen LogP contribution < -0.4 is 5.32 Å². The maximum atomic E-state index is 14.5. The number of benzene rings is 1. The Balaban J connectivity index is 1.55. The number of hydrogen-bond donors (Lipinski definition) is 1. The van der Waals surface area contributed by atoms with E-state index < -0.39 is 38.7 Å². The molecule has 152 valence electrons. The average Bonchev–Trinajstić information content (AvgIpc) is 2.53. The molecule has 5 rings (SSSR count). The molecule has 28 heavy (non-hydrogen) atoms. The SMILES string of the molecule is CS(=O)(=O)CC(=O)c1cc(Cl)c(C(=O)NC23CC4CC(CC(C4)C2)C3)cc1F. The number of hydrogen-bond acceptors (Lipinski definition) is 4. The summed E-state index contributed by atoms with van der Waals surface area (Å²) in [6, 6.07) is 1.99. The van der Waals surface area contributed by atoms with Crippen LogP contribution in [0.5, 0.6) is 0 Å². The number of halogens is 2. The molecule has 0 radical (unpaired) electrons. The van der Waals surface area contributed by atoms with E-state index >= 15 is 0 Å². The monoisotopic (exact) mass is 427 g/mol. The summed E-state index contributed by atoms with van der Waals surface area (Å²) >= 11 is 6.17. The molecule has 1 aromatic rings. The van der Waals surface area contributed by atoms with Gasteiger partial charge in [-0.3, -0.25) is 9.59 Å². The third-order valence-corrected chi connectivity index (χ3v) is 7.51. The fourth-order valence-corrected chi connectivity index (χ4v) is 6.70. The van der Waals surface area contributed by atoms with Crippen molar-refractivity contribution in [1.29, 1.82) is 0 Å². The lowest BCUT2D eigenvalue weighted by Gasteiger charge is -2.56. The van der Waals surface area contributed by atoms with Crippen molar-refractivity contribution >= 4 is 33.1 Å². The zero-order valence-corrected chi connectivity index (χ0v) is 17.2. The summed E-state index contributed by atoms with van der Waals surface area (Å²) < 4.78 is 37.1. The largest absolute Gasteiger partial charge is 0.347 e. The van der Waals surface area contributed by atoms with Gasteiger partial charge < -0.3 is 5.32 Å².